The van der Waals surface area contributed by atoms with E-state index in [4.69, 9.17) is 4.43 Å². The first-order valence-corrected chi connectivity index (χ1v) is 6.72. The molecule has 0 heterocycles. The van der Waals surface area contributed by atoms with Gasteiger partial charge in [-0.1, -0.05) is 12.2 Å². The summed E-state index contributed by atoms with van der Waals surface area (Å²) in [4.78, 5) is 0. The van der Waals surface area contributed by atoms with Gasteiger partial charge in [-0.3, -0.25) is 0 Å². The van der Waals surface area contributed by atoms with E-state index in [-0.39, 0.29) is 0 Å². The molecule has 1 nitrogen and oxygen atoms in total. The summed E-state index contributed by atoms with van der Waals surface area (Å²) in [6, 6.07) is 0. The van der Waals surface area contributed by atoms with Crippen molar-refractivity contribution in [3.05, 3.63) is 12.2 Å². The van der Waals surface area contributed by atoms with E-state index in [9.17, 15) is 0 Å². The first-order valence-electron chi connectivity index (χ1n) is 3.31. The van der Waals surface area contributed by atoms with Gasteiger partial charge in [0, 0.05) is 0 Å². The highest BCUT2D eigenvalue weighted by Gasteiger charge is 2.11. The summed E-state index contributed by atoms with van der Waals surface area (Å²) in [7, 11) is -1.25. The van der Waals surface area contributed by atoms with Gasteiger partial charge in [-0.05, 0) is 26.6 Å². The van der Waals surface area contributed by atoms with Crippen molar-refractivity contribution < 1.29 is 4.43 Å². The maximum absolute atomic E-state index is 5.52. The van der Waals surface area contributed by atoms with E-state index in [1.807, 2.05) is 19.1 Å². The highest BCUT2D eigenvalue weighted by molar-refractivity contribution is 6.69. The zero-order valence-corrected chi connectivity index (χ0v) is 7.77. The van der Waals surface area contributed by atoms with Crippen LogP contribution in [0.2, 0.25) is 19.6 Å². The van der Waals surface area contributed by atoms with Crippen molar-refractivity contribution in [1.82, 2.24) is 0 Å². The van der Waals surface area contributed by atoms with Gasteiger partial charge in [0.1, 0.15) is 0 Å². The Balaban J connectivity index is 3.28. The quantitative estimate of drug-likeness (QED) is 0.436. The molecule has 0 saturated heterocycles. The zero-order chi connectivity index (χ0) is 7.33. The molecule has 0 saturated carbocycles. The topological polar surface area (TPSA) is 9.23 Å². The second kappa shape index (κ2) is 3.85. The molecule has 0 unspecified atom stereocenters. The van der Waals surface area contributed by atoms with Crippen molar-refractivity contribution in [2.75, 3.05) is 6.61 Å². The molecule has 2 heteroatoms. The van der Waals surface area contributed by atoms with Crippen LogP contribution in [0.5, 0.6) is 0 Å². The van der Waals surface area contributed by atoms with Crippen LogP contribution in [0.4, 0.5) is 0 Å². The first-order chi connectivity index (χ1) is 4.06. The highest BCUT2D eigenvalue weighted by Crippen LogP contribution is 2.01. The van der Waals surface area contributed by atoms with Crippen LogP contribution in [0.15, 0.2) is 12.2 Å². The molecule has 0 aliphatic heterocycles. The van der Waals surface area contributed by atoms with Gasteiger partial charge < -0.3 is 4.43 Å². The lowest BCUT2D eigenvalue weighted by molar-refractivity contribution is 0.357. The minimum Gasteiger partial charge on any atom is -0.414 e. The molecule has 0 N–H and O–H groups in total. The van der Waals surface area contributed by atoms with Gasteiger partial charge in [0.2, 0.25) is 0 Å². The molecule has 0 spiro atoms. The summed E-state index contributed by atoms with van der Waals surface area (Å²) in [5.41, 5.74) is 0. The molecule has 0 bridgehead atoms. The van der Waals surface area contributed by atoms with E-state index >= 15 is 0 Å². The van der Waals surface area contributed by atoms with Crippen LogP contribution in [0.25, 0.3) is 0 Å². The number of hydrogen-bond acceptors (Lipinski definition) is 1. The largest absolute Gasteiger partial charge is 0.414 e. The van der Waals surface area contributed by atoms with Gasteiger partial charge in [-0.2, -0.15) is 0 Å². The smallest absolute Gasteiger partial charge is 0.184 e. The maximum Gasteiger partial charge on any atom is 0.184 e. The van der Waals surface area contributed by atoms with Crippen LogP contribution < -0.4 is 0 Å². The number of allylic oxidation sites excluding steroid dienone is 1. The van der Waals surface area contributed by atoms with E-state index in [0.29, 0.717) is 0 Å². The third kappa shape index (κ3) is 7.92. The van der Waals surface area contributed by atoms with Crippen LogP contribution in [-0.4, -0.2) is 14.9 Å². The molecule has 0 aromatic heterocycles. The number of rotatable bonds is 3. The monoisotopic (exact) mass is 144 g/mol. The Hall–Kier alpha value is -0.0831. The number of hydrogen-bond donors (Lipinski definition) is 0. The fraction of sp³-hybridized carbons (Fsp3) is 0.714. The molecule has 0 aliphatic carbocycles. The summed E-state index contributed by atoms with van der Waals surface area (Å²) in [6.45, 7) is 9.36. The predicted molar refractivity (Wildman–Crippen MR) is 44.1 cm³/mol. The summed E-state index contributed by atoms with van der Waals surface area (Å²) >= 11 is 0. The average Bonchev–Trinajstić information content (AvgIpc) is 1.63. The third-order valence-corrected chi connectivity index (χ3v) is 1.88. The lowest BCUT2D eigenvalue weighted by Crippen LogP contribution is -2.25. The Morgan fingerprint density at radius 2 is 1.89 bits per heavy atom. The minimum absolute atomic E-state index is 0.784. The Morgan fingerprint density at radius 3 is 2.22 bits per heavy atom. The Bertz CT molecular complexity index is 91.6. The molecule has 0 aromatic rings. The average molecular weight is 144 g/mol. The SMILES string of the molecule is C/C=C/CO[Si](C)(C)C. The summed E-state index contributed by atoms with van der Waals surface area (Å²) in [5.74, 6) is 0. The Kier molecular flexibility index (Phi) is 3.82. The van der Waals surface area contributed by atoms with Gasteiger partial charge in [-0.15, -0.1) is 0 Å². The standard InChI is InChI=1S/C7H16OSi/c1-5-6-7-8-9(2,3)4/h5-6H,7H2,1-4H3/b6-5+. The van der Waals surface area contributed by atoms with Crippen LogP contribution >= 0.6 is 0 Å². The van der Waals surface area contributed by atoms with Gasteiger partial charge in [0.15, 0.2) is 8.32 Å². The summed E-state index contributed by atoms with van der Waals surface area (Å²) < 4.78 is 5.52. The molecule has 9 heavy (non-hydrogen) atoms. The maximum atomic E-state index is 5.52. The van der Waals surface area contributed by atoms with Gasteiger partial charge in [0.05, 0.1) is 6.61 Å². The summed E-state index contributed by atoms with van der Waals surface area (Å²) in [5, 5.41) is 0. The van der Waals surface area contributed by atoms with Crippen molar-refractivity contribution in [3.8, 4) is 0 Å². The van der Waals surface area contributed by atoms with Gasteiger partial charge in [0.25, 0.3) is 0 Å². The van der Waals surface area contributed by atoms with Crippen molar-refractivity contribution in [1.29, 1.82) is 0 Å². The van der Waals surface area contributed by atoms with Crippen LogP contribution in [-0.2, 0) is 4.43 Å². The Labute approximate surface area is 58.9 Å². The van der Waals surface area contributed by atoms with Crippen LogP contribution in [0, 0.1) is 0 Å². The highest BCUT2D eigenvalue weighted by atomic mass is 28.4. The molecule has 0 rings (SSSR count). The lowest BCUT2D eigenvalue weighted by Gasteiger charge is -2.14. The molecule has 0 amide bonds. The molecule has 54 valence electrons. The van der Waals surface area contributed by atoms with E-state index in [0.717, 1.165) is 6.61 Å². The molecular weight excluding hydrogens is 128 g/mol. The van der Waals surface area contributed by atoms with Crippen molar-refractivity contribution in [2.45, 2.75) is 26.6 Å². The fourth-order valence-corrected chi connectivity index (χ4v) is 0.991. The lowest BCUT2D eigenvalue weighted by atomic mass is 10.6. The van der Waals surface area contributed by atoms with Crippen LogP contribution in [0.3, 0.4) is 0 Å². The first kappa shape index (κ1) is 8.92. The second-order valence-corrected chi connectivity index (χ2v) is 7.51. The zero-order valence-electron chi connectivity index (χ0n) is 6.77. The molecular formula is C7H16OSi. The van der Waals surface area contributed by atoms with Crippen molar-refractivity contribution in [2.24, 2.45) is 0 Å². The van der Waals surface area contributed by atoms with Gasteiger partial charge >= 0.3 is 0 Å². The van der Waals surface area contributed by atoms with Crippen molar-refractivity contribution >= 4 is 8.32 Å². The van der Waals surface area contributed by atoms with Crippen LogP contribution in [0.1, 0.15) is 6.92 Å². The fourth-order valence-electron chi connectivity index (χ4n) is 0.394. The second-order valence-electron chi connectivity index (χ2n) is 2.99. The Morgan fingerprint density at radius 1 is 1.33 bits per heavy atom. The van der Waals surface area contributed by atoms with E-state index in [1.54, 1.807) is 0 Å². The molecule has 0 radical (unpaired) electrons. The summed E-state index contributed by atoms with van der Waals surface area (Å²) in [6.07, 6.45) is 4.05. The third-order valence-electron chi connectivity index (χ3n) is 0.848. The normalized spacial score (nSPS) is 12.9. The van der Waals surface area contributed by atoms with Gasteiger partial charge in [-0.25, -0.2) is 0 Å². The predicted octanol–water partition coefficient (Wildman–Crippen LogP) is 2.41. The molecule has 0 fully saturated rings. The van der Waals surface area contributed by atoms with E-state index in [2.05, 4.69) is 19.6 Å². The molecule has 0 atom stereocenters. The molecule has 0 aromatic carbocycles. The van der Waals surface area contributed by atoms with E-state index < -0.39 is 8.32 Å². The van der Waals surface area contributed by atoms with E-state index in [1.165, 1.54) is 0 Å². The molecule has 0 aliphatic rings. The minimum atomic E-state index is -1.25. The van der Waals surface area contributed by atoms with Crippen molar-refractivity contribution in [3.63, 3.8) is 0 Å².